The van der Waals surface area contributed by atoms with Crippen molar-refractivity contribution in [3.05, 3.63) is 35.9 Å². The Morgan fingerprint density at radius 3 is 2.67 bits per heavy atom. The van der Waals surface area contributed by atoms with Crippen molar-refractivity contribution >= 4 is 21.8 Å². The number of para-hydroxylation sites is 1. The summed E-state index contributed by atoms with van der Waals surface area (Å²) < 4.78 is 50.5. The van der Waals surface area contributed by atoms with Crippen LogP contribution in [-0.4, -0.2) is 39.5 Å². The first-order chi connectivity index (χ1) is 9.78. The highest BCUT2D eigenvalue weighted by molar-refractivity contribution is 7.90. The lowest BCUT2D eigenvalue weighted by atomic mass is 10.2. The van der Waals surface area contributed by atoms with Crippen LogP contribution in [0.25, 0.3) is 6.08 Å². The van der Waals surface area contributed by atoms with Crippen molar-refractivity contribution in [1.29, 1.82) is 0 Å². The fraction of sp³-hybridized carbons (Fsp3) is 0.308. The maximum absolute atomic E-state index is 12.2. The van der Waals surface area contributed by atoms with Gasteiger partial charge in [-0.05, 0) is 12.1 Å². The van der Waals surface area contributed by atoms with E-state index in [4.69, 9.17) is 0 Å². The number of nitrogens with one attached hydrogen (secondary N) is 1. The van der Waals surface area contributed by atoms with E-state index >= 15 is 0 Å². The Kier molecular flexibility index (Phi) is 6.29. The van der Waals surface area contributed by atoms with Crippen molar-refractivity contribution in [3.8, 4) is 5.75 Å². The Morgan fingerprint density at radius 1 is 1.38 bits per heavy atom. The molecule has 21 heavy (non-hydrogen) atoms. The van der Waals surface area contributed by atoms with Crippen molar-refractivity contribution < 1.29 is 26.7 Å². The van der Waals surface area contributed by atoms with Gasteiger partial charge in [0.15, 0.2) is 0 Å². The summed E-state index contributed by atoms with van der Waals surface area (Å²) >= 11 is 0. The highest BCUT2D eigenvalue weighted by atomic mass is 32.2. The molecular weight excluding hydrogens is 304 g/mol. The Balaban J connectivity index is 2.62. The van der Waals surface area contributed by atoms with Crippen LogP contribution >= 0.6 is 0 Å². The molecule has 1 aromatic carbocycles. The number of sulfone groups is 1. The zero-order chi connectivity index (χ0) is 15.9. The van der Waals surface area contributed by atoms with Crippen LogP contribution in [0.4, 0.5) is 8.78 Å². The van der Waals surface area contributed by atoms with Gasteiger partial charge in [0.2, 0.25) is 5.91 Å². The van der Waals surface area contributed by atoms with E-state index in [1.54, 1.807) is 6.07 Å². The number of carbonyl (C=O) groups is 1. The molecule has 0 saturated carbocycles. The maximum atomic E-state index is 12.2. The van der Waals surface area contributed by atoms with E-state index in [-0.39, 0.29) is 18.0 Å². The van der Waals surface area contributed by atoms with Gasteiger partial charge in [-0.3, -0.25) is 4.79 Å². The molecule has 0 aliphatic heterocycles. The van der Waals surface area contributed by atoms with Crippen LogP contribution in [0.1, 0.15) is 5.56 Å². The Labute approximate surface area is 121 Å². The predicted molar refractivity (Wildman–Crippen MR) is 74.8 cm³/mol. The molecule has 8 heteroatoms. The number of amides is 1. The third-order valence-electron chi connectivity index (χ3n) is 2.32. The van der Waals surface area contributed by atoms with Gasteiger partial charge in [-0.2, -0.15) is 8.78 Å². The third kappa shape index (κ3) is 7.40. The second-order valence-corrected chi connectivity index (χ2v) is 6.43. The molecule has 0 spiro atoms. The highest BCUT2D eigenvalue weighted by Gasteiger charge is 2.07. The number of hydrogen-bond donors (Lipinski definition) is 1. The Morgan fingerprint density at radius 2 is 2.05 bits per heavy atom. The number of hydrogen-bond acceptors (Lipinski definition) is 4. The van der Waals surface area contributed by atoms with E-state index in [9.17, 15) is 22.0 Å². The highest BCUT2D eigenvalue weighted by Crippen LogP contribution is 2.21. The first-order valence-corrected chi connectivity index (χ1v) is 8.01. The summed E-state index contributed by atoms with van der Waals surface area (Å²) in [6.45, 7) is -2.97. The second-order valence-electron chi connectivity index (χ2n) is 4.17. The van der Waals surface area contributed by atoms with Gasteiger partial charge in [0.25, 0.3) is 0 Å². The largest absolute Gasteiger partial charge is 0.434 e. The zero-order valence-electron chi connectivity index (χ0n) is 11.3. The zero-order valence-corrected chi connectivity index (χ0v) is 12.1. The van der Waals surface area contributed by atoms with Gasteiger partial charge in [0.05, 0.1) is 5.75 Å². The third-order valence-corrected chi connectivity index (χ3v) is 3.27. The summed E-state index contributed by atoms with van der Waals surface area (Å²) in [6.07, 6.45) is 3.50. The lowest BCUT2D eigenvalue weighted by Gasteiger charge is -2.07. The van der Waals surface area contributed by atoms with Crippen LogP contribution in [0.5, 0.6) is 5.75 Å². The van der Waals surface area contributed by atoms with E-state index < -0.39 is 22.4 Å². The topological polar surface area (TPSA) is 72.5 Å². The Hall–Kier alpha value is -1.96. The standard InChI is InChI=1S/C13H15F2NO4S/c1-21(18,19)9-8-16-12(17)7-6-10-4-2-3-5-11(10)20-13(14)15/h2-7,13H,8-9H2,1H3,(H,16,17)/b7-6+. The number of alkyl halides is 2. The van der Waals surface area contributed by atoms with Crippen molar-refractivity contribution in [2.75, 3.05) is 18.6 Å². The number of ether oxygens (including phenoxy) is 1. The first kappa shape index (κ1) is 17.1. The average molecular weight is 319 g/mol. The number of benzene rings is 1. The van der Waals surface area contributed by atoms with Crippen molar-refractivity contribution in [1.82, 2.24) is 5.32 Å². The van der Waals surface area contributed by atoms with Gasteiger partial charge in [-0.25, -0.2) is 8.42 Å². The molecule has 1 N–H and O–H groups in total. The van der Waals surface area contributed by atoms with Crippen molar-refractivity contribution in [3.63, 3.8) is 0 Å². The van der Waals surface area contributed by atoms with Gasteiger partial charge >= 0.3 is 6.61 Å². The van der Waals surface area contributed by atoms with E-state index in [0.717, 1.165) is 12.3 Å². The summed E-state index contributed by atoms with van der Waals surface area (Å²) in [5.41, 5.74) is 0.316. The molecule has 1 aromatic rings. The summed E-state index contributed by atoms with van der Waals surface area (Å²) in [4.78, 5) is 11.5. The summed E-state index contributed by atoms with van der Waals surface area (Å²) in [5, 5.41) is 2.38. The van der Waals surface area contributed by atoms with E-state index in [1.165, 1.54) is 24.3 Å². The minimum atomic E-state index is -3.15. The average Bonchev–Trinajstić information content (AvgIpc) is 2.35. The van der Waals surface area contributed by atoms with E-state index in [0.29, 0.717) is 5.56 Å². The van der Waals surface area contributed by atoms with Gasteiger partial charge in [0.1, 0.15) is 15.6 Å². The van der Waals surface area contributed by atoms with Crippen LogP contribution in [0.2, 0.25) is 0 Å². The van der Waals surface area contributed by atoms with Crippen molar-refractivity contribution in [2.24, 2.45) is 0 Å². The molecule has 0 heterocycles. The minimum Gasteiger partial charge on any atom is -0.434 e. The molecule has 0 aliphatic carbocycles. The van der Waals surface area contributed by atoms with Gasteiger partial charge < -0.3 is 10.1 Å². The molecule has 5 nitrogen and oxygen atoms in total. The molecule has 0 aromatic heterocycles. The maximum Gasteiger partial charge on any atom is 0.387 e. The fourth-order valence-electron chi connectivity index (χ4n) is 1.41. The second kappa shape index (κ2) is 7.72. The Bertz CT molecular complexity index is 614. The molecule has 0 bridgehead atoms. The summed E-state index contributed by atoms with van der Waals surface area (Å²) in [6, 6.07) is 6.01. The molecule has 0 aliphatic rings. The van der Waals surface area contributed by atoms with E-state index in [1.807, 2.05) is 0 Å². The monoisotopic (exact) mass is 319 g/mol. The molecular formula is C13H15F2NO4S. The van der Waals surface area contributed by atoms with Crippen LogP contribution in [0, 0.1) is 0 Å². The lowest BCUT2D eigenvalue weighted by Crippen LogP contribution is -2.27. The molecule has 0 radical (unpaired) electrons. The quantitative estimate of drug-likeness (QED) is 0.772. The fourth-order valence-corrected chi connectivity index (χ4v) is 1.88. The molecule has 116 valence electrons. The molecule has 0 unspecified atom stereocenters. The van der Waals surface area contributed by atoms with Crippen LogP contribution in [-0.2, 0) is 14.6 Å². The van der Waals surface area contributed by atoms with Gasteiger partial charge in [-0.1, -0.05) is 18.2 Å². The lowest BCUT2D eigenvalue weighted by molar-refractivity contribution is -0.116. The van der Waals surface area contributed by atoms with Crippen LogP contribution < -0.4 is 10.1 Å². The number of halogens is 2. The van der Waals surface area contributed by atoms with Crippen LogP contribution in [0.3, 0.4) is 0 Å². The number of carbonyl (C=O) groups excluding carboxylic acids is 1. The van der Waals surface area contributed by atoms with E-state index in [2.05, 4.69) is 10.1 Å². The first-order valence-electron chi connectivity index (χ1n) is 5.95. The molecule has 1 amide bonds. The smallest absolute Gasteiger partial charge is 0.387 e. The van der Waals surface area contributed by atoms with Crippen LogP contribution in [0.15, 0.2) is 30.3 Å². The van der Waals surface area contributed by atoms with Gasteiger partial charge in [0, 0.05) is 24.4 Å². The summed E-state index contributed by atoms with van der Waals surface area (Å²) in [7, 11) is -3.15. The minimum absolute atomic E-state index is 0.0167. The molecule has 1 rings (SSSR count). The number of rotatable bonds is 7. The normalized spacial score (nSPS) is 11.8. The molecule has 0 atom stereocenters. The predicted octanol–water partition coefficient (Wildman–Crippen LogP) is 1.46. The van der Waals surface area contributed by atoms with Crippen molar-refractivity contribution in [2.45, 2.75) is 6.61 Å². The summed E-state index contributed by atoms with van der Waals surface area (Å²) in [5.74, 6) is -0.740. The molecule has 0 saturated heterocycles. The molecule has 0 fully saturated rings. The SMILES string of the molecule is CS(=O)(=O)CCNC(=O)/C=C/c1ccccc1OC(F)F. The van der Waals surface area contributed by atoms with Gasteiger partial charge in [-0.15, -0.1) is 0 Å².